The molecule has 0 radical (unpaired) electrons. The molecule has 0 spiro atoms. The maximum absolute atomic E-state index is 12.3. The average molecular weight is 393 g/mol. The van der Waals surface area contributed by atoms with E-state index in [4.69, 9.17) is 0 Å². The minimum Gasteiger partial charge on any atom is -0.406 e. The number of nitrogens with zero attached hydrogens (tertiary/aromatic N) is 2. The highest BCUT2D eigenvalue weighted by Crippen LogP contribution is 2.30. The summed E-state index contributed by atoms with van der Waals surface area (Å²) in [5.74, 6) is -0.306. The maximum Gasteiger partial charge on any atom is 0.573 e. The lowest BCUT2D eigenvalue weighted by Gasteiger charge is -2.10. The number of aromatic nitrogens is 2. The molecule has 0 saturated heterocycles. The number of hydrogen-bond donors (Lipinski definition) is 1. The van der Waals surface area contributed by atoms with E-state index in [1.807, 2.05) is 0 Å². The van der Waals surface area contributed by atoms with E-state index in [1.165, 1.54) is 30.3 Å². The summed E-state index contributed by atoms with van der Waals surface area (Å²) in [4.78, 5) is 32.6. The van der Waals surface area contributed by atoms with Crippen LogP contribution in [0.4, 0.5) is 13.2 Å². The summed E-state index contributed by atoms with van der Waals surface area (Å²) in [6.07, 6.45) is -2.86. The van der Waals surface area contributed by atoms with Gasteiger partial charge in [0.25, 0.3) is 5.91 Å². The minimum atomic E-state index is -4.75. The molecule has 1 fully saturated rings. The molecule has 1 aromatic heterocycles. The highest BCUT2D eigenvalue weighted by molar-refractivity contribution is 5.92. The van der Waals surface area contributed by atoms with Crippen molar-refractivity contribution in [2.24, 2.45) is 5.92 Å². The lowest BCUT2D eigenvalue weighted by atomic mass is 10.2. The monoisotopic (exact) mass is 393 g/mol. The van der Waals surface area contributed by atoms with Gasteiger partial charge in [-0.15, -0.1) is 13.2 Å². The van der Waals surface area contributed by atoms with Crippen LogP contribution in [-0.2, 0) is 17.8 Å². The Balaban J connectivity index is 1.59. The van der Waals surface area contributed by atoms with Crippen LogP contribution in [0.15, 0.2) is 30.3 Å². The zero-order chi connectivity index (χ0) is 20.3. The summed E-state index contributed by atoms with van der Waals surface area (Å²) < 4.78 is 40.3. The molecule has 1 N–H and O–H groups in total. The molecular formula is C19H18F3N3O3. The Bertz CT molecular complexity index is 878. The average Bonchev–Trinajstić information content (AvgIpc) is 3.44. The molecule has 3 rings (SSSR count). The molecule has 1 heterocycles. The second-order valence-corrected chi connectivity index (χ2v) is 6.60. The number of Topliss-reactive ketones (excluding diaryl/α,β-unsaturated/α-hetero) is 1. The van der Waals surface area contributed by atoms with Crippen molar-refractivity contribution in [3.05, 3.63) is 53.1 Å². The predicted molar refractivity (Wildman–Crippen MR) is 92.5 cm³/mol. The lowest BCUT2D eigenvalue weighted by molar-refractivity contribution is -0.274. The number of nitrogens with one attached hydrogen (secondary N) is 1. The minimum absolute atomic E-state index is 0.0816. The first-order chi connectivity index (χ1) is 13.2. The van der Waals surface area contributed by atoms with Crippen molar-refractivity contribution >= 4 is 11.7 Å². The molecule has 0 bridgehead atoms. The molecule has 1 aliphatic carbocycles. The van der Waals surface area contributed by atoms with Crippen LogP contribution in [0.3, 0.4) is 0 Å². The summed E-state index contributed by atoms with van der Waals surface area (Å²) in [7, 11) is 0. The molecule has 0 unspecified atom stereocenters. The van der Waals surface area contributed by atoms with E-state index < -0.39 is 12.3 Å². The van der Waals surface area contributed by atoms with Crippen molar-refractivity contribution in [1.82, 2.24) is 15.3 Å². The molecule has 1 amide bonds. The van der Waals surface area contributed by atoms with Crippen LogP contribution in [0.5, 0.6) is 5.75 Å². The standard InChI is InChI=1S/C19H18F3N3O3/c1-11-8-15(25-17(24-11)9-16(26)13-4-5-13)18(27)23-10-12-2-6-14(7-3-12)28-19(20,21)22/h2-3,6-8,13H,4-5,9-10H2,1H3,(H,23,27). The Labute approximate surface area is 159 Å². The second-order valence-electron chi connectivity index (χ2n) is 6.60. The van der Waals surface area contributed by atoms with Gasteiger partial charge in [0.1, 0.15) is 23.1 Å². The fourth-order valence-corrected chi connectivity index (χ4v) is 2.61. The van der Waals surface area contributed by atoms with E-state index in [0.29, 0.717) is 17.1 Å². The van der Waals surface area contributed by atoms with E-state index in [-0.39, 0.29) is 36.1 Å². The van der Waals surface area contributed by atoms with Crippen molar-refractivity contribution in [2.45, 2.75) is 39.1 Å². The maximum atomic E-state index is 12.3. The number of aryl methyl sites for hydroxylation is 1. The number of halogens is 3. The van der Waals surface area contributed by atoms with Crippen LogP contribution in [0, 0.1) is 12.8 Å². The molecule has 0 aliphatic heterocycles. The van der Waals surface area contributed by atoms with E-state index in [0.717, 1.165) is 12.8 Å². The van der Waals surface area contributed by atoms with E-state index >= 15 is 0 Å². The van der Waals surface area contributed by atoms with Gasteiger partial charge >= 0.3 is 6.36 Å². The number of carbonyl (C=O) groups is 2. The molecule has 2 aromatic rings. The Hall–Kier alpha value is -2.97. The Kier molecular flexibility index (Phi) is 5.62. The number of ketones is 1. The van der Waals surface area contributed by atoms with Crippen LogP contribution in [-0.4, -0.2) is 28.0 Å². The van der Waals surface area contributed by atoms with Crippen LogP contribution in [0.1, 0.15) is 40.4 Å². The molecule has 0 atom stereocenters. The molecular weight excluding hydrogens is 375 g/mol. The molecule has 1 aliphatic rings. The topological polar surface area (TPSA) is 81.2 Å². The summed E-state index contributed by atoms with van der Waals surface area (Å²) in [6.45, 7) is 1.81. The number of benzene rings is 1. The Morgan fingerprint density at radius 3 is 2.46 bits per heavy atom. The molecule has 9 heteroatoms. The molecule has 1 aromatic carbocycles. The highest BCUT2D eigenvalue weighted by Gasteiger charge is 2.31. The first-order valence-corrected chi connectivity index (χ1v) is 8.70. The Morgan fingerprint density at radius 1 is 1.18 bits per heavy atom. The fourth-order valence-electron chi connectivity index (χ4n) is 2.61. The van der Waals surface area contributed by atoms with Gasteiger partial charge in [-0.05, 0) is 43.5 Å². The van der Waals surface area contributed by atoms with Gasteiger partial charge in [-0.2, -0.15) is 0 Å². The third-order valence-corrected chi connectivity index (χ3v) is 4.11. The van der Waals surface area contributed by atoms with Crippen molar-refractivity contribution in [3.63, 3.8) is 0 Å². The van der Waals surface area contributed by atoms with Crippen molar-refractivity contribution in [2.75, 3.05) is 0 Å². The summed E-state index contributed by atoms with van der Waals surface area (Å²) in [5, 5.41) is 2.65. The summed E-state index contributed by atoms with van der Waals surface area (Å²) in [5.41, 5.74) is 1.31. The third kappa shape index (κ3) is 5.77. The summed E-state index contributed by atoms with van der Waals surface area (Å²) >= 11 is 0. The second kappa shape index (κ2) is 7.95. The number of carbonyl (C=O) groups excluding carboxylic acids is 2. The molecule has 148 valence electrons. The molecule has 6 nitrogen and oxygen atoms in total. The lowest BCUT2D eigenvalue weighted by Crippen LogP contribution is -2.25. The number of rotatable bonds is 7. The van der Waals surface area contributed by atoms with Crippen LogP contribution in [0.25, 0.3) is 0 Å². The zero-order valence-corrected chi connectivity index (χ0v) is 15.0. The van der Waals surface area contributed by atoms with Gasteiger partial charge in [0.15, 0.2) is 0 Å². The van der Waals surface area contributed by atoms with Crippen LogP contribution < -0.4 is 10.1 Å². The number of alkyl halides is 3. The predicted octanol–water partition coefficient (Wildman–Crippen LogP) is 3.14. The molecule has 1 saturated carbocycles. The fraction of sp³-hybridized carbons (Fsp3) is 0.368. The van der Waals surface area contributed by atoms with Gasteiger partial charge in [0.05, 0.1) is 6.42 Å². The van der Waals surface area contributed by atoms with Crippen LogP contribution >= 0.6 is 0 Å². The zero-order valence-electron chi connectivity index (χ0n) is 15.0. The van der Waals surface area contributed by atoms with Crippen molar-refractivity contribution in [3.8, 4) is 5.75 Å². The van der Waals surface area contributed by atoms with Gasteiger partial charge in [-0.1, -0.05) is 12.1 Å². The number of ether oxygens (including phenoxy) is 1. The SMILES string of the molecule is Cc1cc(C(=O)NCc2ccc(OC(F)(F)F)cc2)nc(CC(=O)C2CC2)n1. The van der Waals surface area contributed by atoms with Crippen molar-refractivity contribution < 1.29 is 27.5 Å². The molecule has 28 heavy (non-hydrogen) atoms. The number of hydrogen-bond acceptors (Lipinski definition) is 5. The van der Waals surface area contributed by atoms with Crippen molar-refractivity contribution in [1.29, 1.82) is 0 Å². The number of amides is 1. The first-order valence-electron chi connectivity index (χ1n) is 8.70. The normalized spacial score (nSPS) is 13.9. The van der Waals surface area contributed by atoms with Gasteiger partial charge in [-0.3, -0.25) is 9.59 Å². The van der Waals surface area contributed by atoms with E-state index in [1.54, 1.807) is 6.92 Å². The first kappa shape index (κ1) is 19.8. The highest BCUT2D eigenvalue weighted by atomic mass is 19.4. The van der Waals surface area contributed by atoms with Gasteiger partial charge in [0, 0.05) is 18.2 Å². The smallest absolute Gasteiger partial charge is 0.406 e. The third-order valence-electron chi connectivity index (χ3n) is 4.11. The van der Waals surface area contributed by atoms with Crippen LogP contribution in [0.2, 0.25) is 0 Å². The van der Waals surface area contributed by atoms with Gasteiger partial charge in [0.2, 0.25) is 0 Å². The van der Waals surface area contributed by atoms with Gasteiger partial charge in [-0.25, -0.2) is 9.97 Å². The van der Waals surface area contributed by atoms with Gasteiger partial charge < -0.3 is 10.1 Å². The van der Waals surface area contributed by atoms with E-state index in [2.05, 4.69) is 20.0 Å². The quantitative estimate of drug-likeness (QED) is 0.782. The Morgan fingerprint density at radius 2 is 1.86 bits per heavy atom. The largest absolute Gasteiger partial charge is 0.573 e. The van der Waals surface area contributed by atoms with E-state index in [9.17, 15) is 22.8 Å². The summed E-state index contributed by atoms with van der Waals surface area (Å²) in [6, 6.07) is 6.70.